The first-order chi connectivity index (χ1) is 12.0. The Morgan fingerprint density at radius 2 is 2.00 bits per heavy atom. The van der Waals surface area contributed by atoms with Crippen LogP contribution in [0.4, 0.5) is 10.1 Å². The number of aryl methyl sites for hydroxylation is 1. The summed E-state index contributed by atoms with van der Waals surface area (Å²) in [6.45, 7) is 10.9. The number of anilines is 1. The van der Waals surface area contributed by atoms with Gasteiger partial charge in [-0.25, -0.2) is 4.39 Å². The van der Waals surface area contributed by atoms with Crippen molar-refractivity contribution in [2.75, 3.05) is 17.7 Å². The highest BCUT2D eigenvalue weighted by atomic mass is 32.3. The number of benzene rings is 1. The maximum atomic E-state index is 12.3. The van der Waals surface area contributed by atoms with Crippen LogP contribution in [0, 0.1) is 31.0 Å². The molecule has 2 nitrogen and oxygen atoms in total. The molecule has 0 radical (unpaired) electrons. The molecule has 1 aromatic carbocycles. The van der Waals surface area contributed by atoms with E-state index in [9.17, 15) is 4.39 Å². The van der Waals surface area contributed by atoms with Crippen LogP contribution in [0.3, 0.4) is 0 Å². The van der Waals surface area contributed by atoms with E-state index < -0.39 is 10.3 Å². The summed E-state index contributed by atoms with van der Waals surface area (Å²) in [7, 11) is -0.993. The van der Waals surface area contributed by atoms with Crippen molar-refractivity contribution in [2.24, 2.45) is 5.92 Å². The number of halogens is 1. The van der Waals surface area contributed by atoms with E-state index in [2.05, 4.69) is 39.9 Å². The van der Waals surface area contributed by atoms with E-state index in [-0.39, 0.29) is 10.6 Å². The molecule has 1 saturated carbocycles. The van der Waals surface area contributed by atoms with Gasteiger partial charge in [0.05, 0.1) is 6.10 Å². The Bertz CT molecular complexity index is 620. The number of hydrogen-bond donors (Lipinski definition) is 1. The van der Waals surface area contributed by atoms with Crippen molar-refractivity contribution in [3.63, 3.8) is 0 Å². The Morgan fingerprint density at radius 3 is 2.46 bits per heavy atom. The fourth-order valence-electron chi connectivity index (χ4n) is 2.97. The number of hydrogen-bond acceptors (Lipinski definition) is 2. The largest absolute Gasteiger partial charge is 0.399 e. The summed E-state index contributed by atoms with van der Waals surface area (Å²) < 4.78 is 19.1. The highest BCUT2D eigenvalue weighted by Crippen LogP contribution is 2.58. The normalized spacial score (nSPS) is 23.8. The summed E-state index contributed by atoms with van der Waals surface area (Å²) in [5, 5.41) is 0. The van der Waals surface area contributed by atoms with Crippen molar-refractivity contribution in [3.8, 4) is 12.3 Å². The molecule has 4 heteroatoms. The minimum Gasteiger partial charge on any atom is -0.399 e. The van der Waals surface area contributed by atoms with E-state index in [0.717, 1.165) is 17.7 Å². The summed E-state index contributed by atoms with van der Waals surface area (Å²) in [4.78, 5) is 0. The molecule has 1 aromatic rings. The monoisotopic (exact) mass is 381 g/mol. The second-order valence-electron chi connectivity index (χ2n) is 8.16. The van der Waals surface area contributed by atoms with Gasteiger partial charge in [-0.3, -0.25) is 0 Å². The van der Waals surface area contributed by atoms with Crippen molar-refractivity contribution in [1.82, 2.24) is 0 Å². The van der Waals surface area contributed by atoms with Crippen LogP contribution in [-0.4, -0.2) is 22.9 Å². The van der Waals surface area contributed by atoms with Crippen molar-refractivity contribution in [3.05, 3.63) is 29.6 Å². The molecule has 1 aliphatic rings. The van der Waals surface area contributed by atoms with Gasteiger partial charge in [-0.05, 0) is 68.4 Å². The average Bonchev–Trinajstić information content (AvgIpc) is 2.58. The van der Waals surface area contributed by atoms with Gasteiger partial charge in [0, 0.05) is 16.4 Å². The van der Waals surface area contributed by atoms with Crippen LogP contribution in [0.25, 0.3) is 0 Å². The molecule has 2 rings (SSSR count). The second-order valence-corrected chi connectivity index (χ2v) is 12.2. The van der Waals surface area contributed by atoms with E-state index in [4.69, 9.17) is 16.3 Å². The zero-order chi connectivity index (χ0) is 20.0. The molecule has 2 N–H and O–H groups in total. The predicted molar refractivity (Wildman–Crippen MR) is 115 cm³/mol. The van der Waals surface area contributed by atoms with Crippen molar-refractivity contribution in [1.29, 1.82) is 0 Å². The third kappa shape index (κ3) is 6.52. The number of rotatable bonds is 3. The van der Waals surface area contributed by atoms with Gasteiger partial charge in [-0.15, -0.1) is 22.7 Å². The molecule has 1 fully saturated rings. The SMILES string of the molecule is C#C[C@@H]1CCC[C@@H](OS(C)(CC)C(C)(C)C)C1.Cc1cc(F)ccc1N. The van der Waals surface area contributed by atoms with Gasteiger partial charge < -0.3 is 9.92 Å². The van der Waals surface area contributed by atoms with E-state index in [1.807, 2.05) is 0 Å². The van der Waals surface area contributed by atoms with Crippen molar-refractivity contribution in [2.45, 2.75) is 71.2 Å². The first kappa shape index (κ1) is 22.9. The zero-order valence-electron chi connectivity index (χ0n) is 17.3. The van der Waals surface area contributed by atoms with E-state index in [1.165, 1.54) is 31.4 Å². The molecule has 1 unspecified atom stereocenters. The third-order valence-corrected chi connectivity index (χ3v) is 9.68. The molecule has 0 aromatic heterocycles. The summed E-state index contributed by atoms with van der Waals surface area (Å²) in [6.07, 6.45) is 12.9. The maximum absolute atomic E-state index is 12.3. The van der Waals surface area contributed by atoms with Crippen LogP contribution in [0.2, 0.25) is 0 Å². The summed E-state index contributed by atoms with van der Waals surface area (Å²) in [6, 6.07) is 4.32. The second kappa shape index (κ2) is 9.67. The highest BCUT2D eigenvalue weighted by Gasteiger charge is 2.35. The van der Waals surface area contributed by atoms with Gasteiger partial charge in [0.2, 0.25) is 0 Å². The Balaban J connectivity index is 0.000000314. The smallest absolute Gasteiger partial charge is 0.123 e. The van der Waals surface area contributed by atoms with Gasteiger partial charge in [0.25, 0.3) is 0 Å². The lowest BCUT2D eigenvalue weighted by atomic mass is 9.88. The minimum absolute atomic E-state index is 0.235. The van der Waals surface area contributed by atoms with Gasteiger partial charge in [-0.1, -0.05) is 27.7 Å². The van der Waals surface area contributed by atoms with Crippen LogP contribution in [-0.2, 0) is 4.18 Å². The van der Waals surface area contributed by atoms with E-state index in [0.29, 0.717) is 17.7 Å². The van der Waals surface area contributed by atoms with Crippen molar-refractivity contribution < 1.29 is 8.57 Å². The molecule has 0 bridgehead atoms. The molecule has 26 heavy (non-hydrogen) atoms. The van der Waals surface area contributed by atoms with Crippen LogP contribution >= 0.6 is 10.3 Å². The van der Waals surface area contributed by atoms with Crippen LogP contribution in [0.1, 0.15) is 58.9 Å². The standard InChI is InChI=1S/C15H28OS.C7H8FN/c1-7-13-10-9-11-14(12-13)16-17(6,8-2)15(3,4)5;1-5-4-6(8)2-3-7(5)9/h1,13-14H,8-12H2,2-6H3;2-4H,9H2,1H3/t13-,14-;/m1./s1. The number of nitrogens with two attached hydrogens (primary N) is 1. The summed E-state index contributed by atoms with van der Waals surface area (Å²) >= 11 is 0. The van der Waals surface area contributed by atoms with Gasteiger partial charge in [0.15, 0.2) is 0 Å². The molecule has 1 aliphatic carbocycles. The Hall–Kier alpha value is -1.18. The fraction of sp³-hybridized carbons (Fsp3) is 0.636. The Morgan fingerprint density at radius 1 is 1.35 bits per heavy atom. The van der Waals surface area contributed by atoms with Crippen molar-refractivity contribution >= 4 is 16.0 Å². The predicted octanol–water partition coefficient (Wildman–Crippen LogP) is 6.08. The van der Waals surface area contributed by atoms with Gasteiger partial charge in [-0.2, -0.15) is 0 Å². The first-order valence-corrected chi connectivity index (χ1v) is 11.6. The number of nitrogen functional groups attached to an aromatic ring is 1. The molecule has 0 amide bonds. The number of terminal acetylenes is 1. The quantitative estimate of drug-likeness (QED) is 0.509. The Kier molecular flexibility index (Phi) is 8.50. The minimum atomic E-state index is -0.993. The van der Waals surface area contributed by atoms with Gasteiger partial charge >= 0.3 is 0 Å². The molecule has 0 heterocycles. The molecule has 148 valence electrons. The lowest BCUT2D eigenvalue weighted by molar-refractivity contribution is 0.155. The first-order valence-electron chi connectivity index (χ1n) is 9.44. The molecular formula is C22H36FNOS. The Labute approximate surface area is 161 Å². The molecule has 0 aliphatic heterocycles. The highest BCUT2D eigenvalue weighted by molar-refractivity contribution is 8.30. The molecular weight excluding hydrogens is 345 g/mol. The third-order valence-electron chi connectivity index (χ3n) is 5.29. The fourth-order valence-corrected chi connectivity index (χ4v) is 5.03. The lowest BCUT2D eigenvalue weighted by Crippen LogP contribution is -2.33. The molecule has 3 atom stereocenters. The maximum Gasteiger partial charge on any atom is 0.123 e. The zero-order valence-corrected chi connectivity index (χ0v) is 18.1. The van der Waals surface area contributed by atoms with Crippen LogP contribution < -0.4 is 5.73 Å². The average molecular weight is 382 g/mol. The van der Waals surface area contributed by atoms with E-state index in [1.54, 1.807) is 13.0 Å². The lowest BCUT2D eigenvalue weighted by Gasteiger charge is -2.49. The van der Waals surface area contributed by atoms with Gasteiger partial charge in [0.1, 0.15) is 5.82 Å². The summed E-state index contributed by atoms with van der Waals surface area (Å²) in [5.74, 6) is 4.24. The summed E-state index contributed by atoms with van der Waals surface area (Å²) in [5.41, 5.74) is 6.84. The molecule has 0 saturated heterocycles. The van der Waals surface area contributed by atoms with Crippen LogP contribution in [0.5, 0.6) is 0 Å². The van der Waals surface area contributed by atoms with Crippen LogP contribution in [0.15, 0.2) is 18.2 Å². The molecule has 0 spiro atoms. The van der Waals surface area contributed by atoms with E-state index >= 15 is 0 Å². The topological polar surface area (TPSA) is 35.2 Å².